The lowest BCUT2D eigenvalue weighted by atomic mass is 10.0. The van der Waals surface area contributed by atoms with Gasteiger partial charge in [-0.3, -0.25) is 19.1 Å². The summed E-state index contributed by atoms with van der Waals surface area (Å²) in [5.74, 6) is -1.81. The SMILES string of the molecule is NC(=O)[C@@H]1CCCN1C(=O)[C@H](CCCCC/C=C\C1C[C@@H]1C(=O)NS(=O)(=O)Nc1ccc(Cl)cc1)NC(=O)OC1CCCC1. The summed E-state index contributed by atoms with van der Waals surface area (Å²) in [4.78, 5) is 51.6. The maximum atomic E-state index is 13.3. The van der Waals surface area contributed by atoms with E-state index < -0.39 is 46.1 Å². The van der Waals surface area contributed by atoms with Crippen LogP contribution in [0.4, 0.5) is 10.5 Å². The largest absolute Gasteiger partial charge is 0.446 e. The Bertz CT molecular complexity index is 1320. The fourth-order valence-electron chi connectivity index (χ4n) is 5.81. The van der Waals surface area contributed by atoms with Crippen molar-refractivity contribution in [1.82, 2.24) is 14.9 Å². The van der Waals surface area contributed by atoms with Gasteiger partial charge in [-0.15, -0.1) is 0 Å². The van der Waals surface area contributed by atoms with Crippen molar-refractivity contribution in [2.75, 3.05) is 11.3 Å². The van der Waals surface area contributed by atoms with Crippen molar-refractivity contribution >= 4 is 51.3 Å². The van der Waals surface area contributed by atoms with Gasteiger partial charge in [-0.25, -0.2) is 9.52 Å². The van der Waals surface area contributed by atoms with Crippen LogP contribution in [0.15, 0.2) is 36.4 Å². The number of carbonyl (C=O) groups is 4. The number of nitrogens with one attached hydrogen (secondary N) is 3. The van der Waals surface area contributed by atoms with Crippen LogP contribution < -0.4 is 20.5 Å². The molecular weight excluding hydrogens is 610 g/mol. The highest BCUT2D eigenvalue weighted by Crippen LogP contribution is 2.40. The fraction of sp³-hybridized carbons (Fsp3) is 0.600. The molecule has 4 atom stereocenters. The number of halogens is 1. The van der Waals surface area contributed by atoms with Crippen LogP contribution >= 0.6 is 11.6 Å². The number of likely N-dealkylation sites (tertiary alicyclic amines) is 1. The number of hydrogen-bond donors (Lipinski definition) is 4. The van der Waals surface area contributed by atoms with Gasteiger partial charge in [0, 0.05) is 17.5 Å². The molecule has 44 heavy (non-hydrogen) atoms. The van der Waals surface area contributed by atoms with Crippen LogP contribution in [0.3, 0.4) is 0 Å². The maximum absolute atomic E-state index is 13.3. The van der Waals surface area contributed by atoms with Crippen molar-refractivity contribution in [2.45, 2.75) is 95.2 Å². The molecule has 0 aromatic heterocycles. The number of alkyl carbamates (subject to hydrolysis) is 1. The number of benzene rings is 1. The number of rotatable bonds is 15. The van der Waals surface area contributed by atoms with Crippen LogP contribution in [-0.4, -0.2) is 61.9 Å². The average Bonchev–Trinajstić information content (AvgIpc) is 3.30. The summed E-state index contributed by atoms with van der Waals surface area (Å²) in [7, 11) is -4.05. The van der Waals surface area contributed by atoms with Crippen molar-refractivity contribution in [3.8, 4) is 0 Å². The minimum absolute atomic E-state index is 0.0172. The molecule has 4 rings (SSSR count). The number of anilines is 1. The lowest BCUT2D eigenvalue weighted by Gasteiger charge is -2.28. The van der Waals surface area contributed by atoms with E-state index in [-0.39, 0.29) is 17.9 Å². The molecule has 0 radical (unpaired) electrons. The van der Waals surface area contributed by atoms with E-state index in [1.54, 1.807) is 12.1 Å². The second-order valence-electron chi connectivity index (χ2n) is 11.8. The highest BCUT2D eigenvalue weighted by Gasteiger charge is 2.42. The van der Waals surface area contributed by atoms with Gasteiger partial charge in [0.15, 0.2) is 0 Å². The van der Waals surface area contributed by atoms with Crippen LogP contribution in [0, 0.1) is 11.8 Å². The Hall–Kier alpha value is -3.32. The van der Waals surface area contributed by atoms with Gasteiger partial charge in [0.1, 0.15) is 18.2 Å². The molecule has 3 fully saturated rings. The van der Waals surface area contributed by atoms with Gasteiger partial charge in [0.2, 0.25) is 17.7 Å². The Labute approximate surface area is 263 Å². The van der Waals surface area contributed by atoms with Gasteiger partial charge in [0.05, 0.1) is 5.69 Å². The van der Waals surface area contributed by atoms with Crippen LogP contribution in [0.5, 0.6) is 0 Å². The van der Waals surface area contributed by atoms with Crippen LogP contribution in [0.1, 0.15) is 77.0 Å². The van der Waals surface area contributed by atoms with Gasteiger partial charge >= 0.3 is 16.3 Å². The van der Waals surface area contributed by atoms with Gasteiger partial charge in [-0.2, -0.15) is 8.42 Å². The monoisotopic (exact) mass is 651 g/mol. The Morgan fingerprint density at radius 1 is 1.05 bits per heavy atom. The third kappa shape index (κ3) is 10.1. The molecule has 4 amide bonds. The van der Waals surface area contributed by atoms with Crippen molar-refractivity contribution in [3.63, 3.8) is 0 Å². The topological polar surface area (TPSA) is 177 Å². The summed E-state index contributed by atoms with van der Waals surface area (Å²) < 4.78 is 34.4. The van der Waals surface area contributed by atoms with Gasteiger partial charge < -0.3 is 20.7 Å². The Morgan fingerprint density at radius 3 is 2.48 bits per heavy atom. The third-order valence-electron chi connectivity index (χ3n) is 8.29. The summed E-state index contributed by atoms with van der Waals surface area (Å²) >= 11 is 5.81. The molecule has 3 aliphatic rings. The van der Waals surface area contributed by atoms with Gasteiger partial charge in [-0.1, -0.05) is 36.6 Å². The van der Waals surface area contributed by atoms with Crippen molar-refractivity contribution in [2.24, 2.45) is 17.6 Å². The number of hydrogen-bond acceptors (Lipinski definition) is 7. The summed E-state index contributed by atoms with van der Waals surface area (Å²) in [5, 5.41) is 3.21. The second kappa shape index (κ2) is 15.6. The molecule has 2 saturated carbocycles. The average molecular weight is 652 g/mol. The first-order valence-corrected chi connectivity index (χ1v) is 17.2. The summed E-state index contributed by atoms with van der Waals surface area (Å²) in [6, 6.07) is 4.64. The maximum Gasteiger partial charge on any atom is 0.408 e. The van der Waals surface area contributed by atoms with Crippen LogP contribution in [0.25, 0.3) is 0 Å². The number of nitrogens with two attached hydrogens (primary N) is 1. The predicted octanol–water partition coefficient (Wildman–Crippen LogP) is 3.77. The standard InChI is InChI=1S/C30H42ClN5O7S/c31-21-14-16-22(17-15-21)34-44(41,42)35-28(38)24-19-20(24)9-4-2-1-3-5-12-25(33-30(40)43-23-10-6-7-11-23)29(39)36-18-8-13-26(36)27(32)37/h4,9,14-17,20,23-26,34H,1-3,5-8,10-13,18-19H2,(H2,32,37)(H,33,40)(H,35,38)/b9-4-/t20?,24-,25-,26-/m0/s1. The molecule has 12 nitrogen and oxygen atoms in total. The van der Waals surface area contributed by atoms with Crippen molar-refractivity contribution in [1.29, 1.82) is 0 Å². The lowest BCUT2D eigenvalue weighted by Crippen LogP contribution is -2.53. The van der Waals surface area contributed by atoms with Crippen molar-refractivity contribution < 1.29 is 32.3 Å². The van der Waals surface area contributed by atoms with Crippen LogP contribution in [0.2, 0.25) is 5.02 Å². The predicted molar refractivity (Wildman–Crippen MR) is 166 cm³/mol. The number of carbonyl (C=O) groups excluding carboxylic acids is 4. The summed E-state index contributed by atoms with van der Waals surface area (Å²) in [6.07, 6.45) is 12.1. The number of nitrogens with zero attached hydrogens (tertiary/aromatic N) is 1. The van der Waals surface area contributed by atoms with E-state index in [9.17, 15) is 27.6 Å². The first-order chi connectivity index (χ1) is 21.0. The molecule has 0 bridgehead atoms. The number of unbranched alkanes of at least 4 members (excludes halogenated alkanes) is 3. The van der Waals surface area contributed by atoms with Crippen molar-refractivity contribution in [3.05, 3.63) is 41.4 Å². The molecule has 1 aliphatic heterocycles. The molecule has 2 aliphatic carbocycles. The molecule has 0 spiro atoms. The van der Waals surface area contributed by atoms with E-state index >= 15 is 0 Å². The minimum Gasteiger partial charge on any atom is -0.446 e. The molecule has 5 N–H and O–H groups in total. The van der Waals surface area contributed by atoms with E-state index in [2.05, 4.69) is 14.8 Å². The Kier molecular flexibility index (Phi) is 11.9. The number of ether oxygens (including phenoxy) is 1. The minimum atomic E-state index is -4.05. The zero-order valence-electron chi connectivity index (χ0n) is 24.7. The van der Waals surface area contributed by atoms with E-state index in [0.29, 0.717) is 49.4 Å². The first kappa shape index (κ1) is 33.6. The Morgan fingerprint density at radius 2 is 1.77 bits per heavy atom. The van der Waals surface area contributed by atoms with E-state index in [4.69, 9.17) is 22.1 Å². The molecule has 1 saturated heterocycles. The lowest BCUT2D eigenvalue weighted by molar-refractivity contribution is -0.139. The third-order valence-corrected chi connectivity index (χ3v) is 9.51. The normalized spacial score (nSPS) is 22.5. The van der Waals surface area contributed by atoms with Crippen LogP contribution in [-0.2, 0) is 29.3 Å². The van der Waals surface area contributed by atoms with E-state index in [1.807, 2.05) is 12.2 Å². The molecule has 1 aromatic carbocycles. The molecular formula is C30H42ClN5O7S. The first-order valence-electron chi connectivity index (χ1n) is 15.4. The highest BCUT2D eigenvalue weighted by atomic mass is 35.5. The molecule has 1 aromatic rings. The zero-order valence-corrected chi connectivity index (χ0v) is 26.3. The molecule has 242 valence electrons. The number of allylic oxidation sites excluding steroid dienone is 2. The zero-order chi connectivity index (χ0) is 31.7. The Balaban J connectivity index is 1.17. The quantitative estimate of drug-likeness (QED) is 0.165. The number of primary amides is 1. The molecule has 1 heterocycles. The highest BCUT2D eigenvalue weighted by molar-refractivity contribution is 7.91. The molecule has 14 heteroatoms. The fourth-order valence-corrected chi connectivity index (χ4v) is 6.85. The number of amides is 4. The summed E-state index contributed by atoms with van der Waals surface area (Å²) in [6.45, 7) is 0.429. The molecule has 1 unspecified atom stereocenters. The smallest absolute Gasteiger partial charge is 0.408 e. The summed E-state index contributed by atoms with van der Waals surface area (Å²) in [5.41, 5.74) is 5.80. The van der Waals surface area contributed by atoms with E-state index in [0.717, 1.165) is 44.9 Å². The van der Waals surface area contributed by atoms with Gasteiger partial charge in [0.25, 0.3) is 0 Å². The van der Waals surface area contributed by atoms with Gasteiger partial charge in [-0.05, 0) is 94.4 Å². The van der Waals surface area contributed by atoms with E-state index in [1.165, 1.54) is 17.0 Å². The second-order valence-corrected chi connectivity index (χ2v) is 13.6.